The lowest BCUT2D eigenvalue weighted by Crippen LogP contribution is -3.00. The van der Waals surface area contributed by atoms with Gasteiger partial charge in [0.1, 0.15) is 0 Å². The normalized spacial score (nSPS) is 11.9. The number of pyridine rings is 1. The van der Waals surface area contributed by atoms with Gasteiger partial charge in [0.05, 0.1) is 0 Å². The Balaban J connectivity index is 0.00000121. The fourth-order valence-corrected chi connectivity index (χ4v) is 1.01. The SMILES string of the molecule is CCc1ccc[n+](C(C)N)c1.[Br-]. The van der Waals surface area contributed by atoms with Crippen molar-refractivity contribution < 1.29 is 21.5 Å². The summed E-state index contributed by atoms with van der Waals surface area (Å²) in [6.07, 6.45) is 5.21. The maximum Gasteiger partial charge on any atom is 0.206 e. The molecule has 68 valence electrons. The lowest BCUT2D eigenvalue weighted by Gasteiger charge is -2.00. The van der Waals surface area contributed by atoms with Crippen LogP contribution >= 0.6 is 0 Å². The summed E-state index contributed by atoms with van der Waals surface area (Å²) < 4.78 is 2.01. The summed E-state index contributed by atoms with van der Waals surface area (Å²) in [6, 6.07) is 4.14. The van der Waals surface area contributed by atoms with Crippen molar-refractivity contribution in [2.45, 2.75) is 26.4 Å². The van der Waals surface area contributed by atoms with E-state index >= 15 is 0 Å². The Morgan fingerprint density at radius 1 is 1.58 bits per heavy atom. The van der Waals surface area contributed by atoms with Crippen molar-refractivity contribution >= 4 is 0 Å². The minimum Gasteiger partial charge on any atom is -1.00 e. The molecule has 0 fully saturated rings. The number of nitrogens with zero attached hydrogens (tertiary/aromatic N) is 1. The fraction of sp³-hybridized carbons (Fsp3) is 0.444. The first-order valence-electron chi connectivity index (χ1n) is 3.99. The number of aromatic nitrogens is 1. The molecule has 1 aromatic heterocycles. The molecule has 0 aliphatic carbocycles. The monoisotopic (exact) mass is 230 g/mol. The molecular formula is C9H15BrN2. The Labute approximate surface area is 84.2 Å². The molecule has 1 rings (SSSR count). The van der Waals surface area contributed by atoms with Gasteiger partial charge in [0, 0.05) is 18.6 Å². The number of rotatable bonds is 2. The zero-order valence-electron chi connectivity index (χ0n) is 7.50. The van der Waals surface area contributed by atoms with Gasteiger partial charge in [-0.05, 0) is 12.5 Å². The number of hydrogen-bond acceptors (Lipinski definition) is 1. The molecule has 0 aliphatic rings. The van der Waals surface area contributed by atoms with E-state index in [9.17, 15) is 0 Å². The predicted octanol–water partition coefficient (Wildman–Crippen LogP) is -1.98. The number of aryl methyl sites for hydroxylation is 1. The van der Waals surface area contributed by atoms with Crippen LogP contribution in [0.4, 0.5) is 0 Å². The van der Waals surface area contributed by atoms with Crippen LogP contribution in [0.15, 0.2) is 24.5 Å². The first-order chi connectivity index (χ1) is 5.24. The molecule has 0 amide bonds. The third-order valence-electron chi connectivity index (χ3n) is 1.76. The second kappa shape index (κ2) is 5.27. The highest BCUT2D eigenvalue weighted by molar-refractivity contribution is 5.04. The summed E-state index contributed by atoms with van der Waals surface area (Å²) in [5.41, 5.74) is 7.02. The van der Waals surface area contributed by atoms with E-state index in [-0.39, 0.29) is 23.1 Å². The van der Waals surface area contributed by atoms with Crippen molar-refractivity contribution in [2.75, 3.05) is 0 Å². The molecule has 2 N–H and O–H groups in total. The molecule has 0 radical (unpaired) electrons. The van der Waals surface area contributed by atoms with Crippen molar-refractivity contribution in [3.8, 4) is 0 Å². The molecule has 0 bridgehead atoms. The Hall–Kier alpha value is -0.410. The molecule has 3 heteroatoms. The second-order valence-electron chi connectivity index (χ2n) is 2.75. The van der Waals surface area contributed by atoms with E-state index in [1.54, 1.807) is 0 Å². The molecule has 1 heterocycles. The van der Waals surface area contributed by atoms with Gasteiger partial charge in [-0.3, -0.25) is 5.73 Å². The fourth-order valence-electron chi connectivity index (χ4n) is 1.01. The quantitative estimate of drug-likeness (QED) is 0.587. The zero-order valence-corrected chi connectivity index (χ0v) is 9.08. The van der Waals surface area contributed by atoms with Crippen LogP contribution < -0.4 is 27.3 Å². The van der Waals surface area contributed by atoms with Gasteiger partial charge >= 0.3 is 0 Å². The Bertz CT molecular complexity index is 236. The van der Waals surface area contributed by atoms with E-state index in [0.717, 1.165) is 6.42 Å². The molecule has 12 heavy (non-hydrogen) atoms. The van der Waals surface area contributed by atoms with E-state index in [4.69, 9.17) is 5.73 Å². The standard InChI is InChI=1S/C9H15N2.BrH/c1-3-9-5-4-6-11(7-9)8(2)10;/h4-8H,3,10H2,1-2H3;1H/q+1;/p-1. The summed E-state index contributed by atoms with van der Waals surface area (Å²) in [6.45, 7) is 4.11. The highest BCUT2D eigenvalue weighted by Crippen LogP contribution is 1.95. The average molecular weight is 231 g/mol. The van der Waals surface area contributed by atoms with Crippen LogP contribution in [-0.2, 0) is 6.42 Å². The maximum atomic E-state index is 5.70. The van der Waals surface area contributed by atoms with E-state index in [1.165, 1.54) is 5.56 Å². The molecule has 0 saturated carbocycles. The van der Waals surface area contributed by atoms with Crippen molar-refractivity contribution in [1.82, 2.24) is 0 Å². The van der Waals surface area contributed by atoms with Crippen LogP contribution in [0.25, 0.3) is 0 Å². The third-order valence-corrected chi connectivity index (χ3v) is 1.76. The van der Waals surface area contributed by atoms with Crippen LogP contribution in [0.1, 0.15) is 25.6 Å². The van der Waals surface area contributed by atoms with Gasteiger partial charge in [0.25, 0.3) is 0 Å². The summed E-state index contributed by atoms with van der Waals surface area (Å²) in [4.78, 5) is 0. The zero-order chi connectivity index (χ0) is 8.27. The summed E-state index contributed by atoms with van der Waals surface area (Å²) in [5, 5.41) is 0. The third kappa shape index (κ3) is 2.91. The van der Waals surface area contributed by atoms with E-state index < -0.39 is 0 Å². The predicted molar refractivity (Wildman–Crippen MR) is 44.9 cm³/mol. The molecular weight excluding hydrogens is 216 g/mol. The minimum atomic E-state index is 0. The van der Waals surface area contributed by atoms with Gasteiger partial charge in [0.15, 0.2) is 12.4 Å². The smallest absolute Gasteiger partial charge is 0.206 e. The first-order valence-corrected chi connectivity index (χ1v) is 3.99. The molecule has 1 atom stereocenters. The lowest BCUT2D eigenvalue weighted by atomic mass is 10.2. The highest BCUT2D eigenvalue weighted by atomic mass is 79.9. The number of hydrogen-bond donors (Lipinski definition) is 1. The Morgan fingerprint density at radius 2 is 2.25 bits per heavy atom. The second-order valence-corrected chi connectivity index (χ2v) is 2.75. The molecule has 0 aromatic carbocycles. The van der Waals surface area contributed by atoms with E-state index in [0.29, 0.717) is 0 Å². The van der Waals surface area contributed by atoms with Crippen LogP contribution in [0.5, 0.6) is 0 Å². The maximum absolute atomic E-state index is 5.70. The van der Waals surface area contributed by atoms with Crippen LogP contribution in [0.3, 0.4) is 0 Å². The molecule has 0 aliphatic heterocycles. The van der Waals surface area contributed by atoms with Gasteiger partial charge in [-0.1, -0.05) is 6.92 Å². The van der Waals surface area contributed by atoms with Crippen LogP contribution in [0.2, 0.25) is 0 Å². The van der Waals surface area contributed by atoms with Crippen molar-refractivity contribution in [1.29, 1.82) is 0 Å². The van der Waals surface area contributed by atoms with Gasteiger partial charge in [0.2, 0.25) is 6.17 Å². The summed E-state index contributed by atoms with van der Waals surface area (Å²) >= 11 is 0. The van der Waals surface area contributed by atoms with Gasteiger partial charge in [-0.25, -0.2) is 0 Å². The van der Waals surface area contributed by atoms with Crippen LogP contribution in [0, 0.1) is 0 Å². The lowest BCUT2D eigenvalue weighted by molar-refractivity contribution is -0.719. The number of nitrogens with two attached hydrogens (primary N) is 1. The summed E-state index contributed by atoms with van der Waals surface area (Å²) in [7, 11) is 0. The molecule has 1 unspecified atom stereocenters. The van der Waals surface area contributed by atoms with Gasteiger partial charge in [-0.2, -0.15) is 4.57 Å². The molecule has 0 spiro atoms. The van der Waals surface area contributed by atoms with Gasteiger partial charge < -0.3 is 17.0 Å². The minimum absolute atomic E-state index is 0. The number of halogens is 1. The van der Waals surface area contributed by atoms with Crippen LogP contribution in [-0.4, -0.2) is 0 Å². The Kier molecular flexibility index (Phi) is 5.09. The molecule has 1 aromatic rings. The molecule has 0 saturated heterocycles. The van der Waals surface area contributed by atoms with E-state index in [1.807, 2.05) is 23.8 Å². The highest BCUT2D eigenvalue weighted by Gasteiger charge is 2.04. The van der Waals surface area contributed by atoms with Crippen molar-refractivity contribution in [3.63, 3.8) is 0 Å². The van der Waals surface area contributed by atoms with E-state index in [2.05, 4.69) is 19.2 Å². The molecule has 2 nitrogen and oxygen atoms in total. The Morgan fingerprint density at radius 3 is 2.75 bits per heavy atom. The first kappa shape index (κ1) is 11.6. The average Bonchev–Trinajstić information content (AvgIpc) is 2.05. The summed E-state index contributed by atoms with van der Waals surface area (Å²) in [5.74, 6) is 0. The topological polar surface area (TPSA) is 29.9 Å². The van der Waals surface area contributed by atoms with Crippen molar-refractivity contribution in [2.24, 2.45) is 5.73 Å². The largest absolute Gasteiger partial charge is 1.00 e. The van der Waals surface area contributed by atoms with Crippen molar-refractivity contribution in [3.05, 3.63) is 30.1 Å². The van der Waals surface area contributed by atoms with Gasteiger partial charge in [-0.15, -0.1) is 0 Å².